The predicted molar refractivity (Wildman–Crippen MR) is 91.0 cm³/mol. The molecule has 7 nitrogen and oxygen atoms in total. The van der Waals surface area contributed by atoms with Crippen molar-refractivity contribution in [1.82, 2.24) is 5.32 Å². The lowest BCUT2D eigenvalue weighted by Gasteiger charge is -2.17. The molecule has 7 heteroatoms. The smallest absolute Gasteiger partial charge is 0.339 e. The molecule has 128 valence electrons. The number of primary amides is 1. The van der Waals surface area contributed by atoms with E-state index in [0.717, 1.165) is 0 Å². The van der Waals surface area contributed by atoms with Crippen molar-refractivity contribution in [3.63, 3.8) is 0 Å². The average molecular weight is 339 g/mol. The zero-order valence-electron chi connectivity index (χ0n) is 13.3. The van der Waals surface area contributed by atoms with Gasteiger partial charge in [-0.25, -0.2) is 9.59 Å². The number of nitrogens with two attached hydrogens (primary N) is 1. The maximum Gasteiger partial charge on any atom is 0.339 e. The number of ether oxygens (including phenoxy) is 1. The minimum atomic E-state index is -1.17. The van der Waals surface area contributed by atoms with Crippen molar-refractivity contribution in [2.45, 2.75) is 6.10 Å². The van der Waals surface area contributed by atoms with Crippen LogP contribution in [0.5, 0.6) is 0 Å². The second-order valence-electron chi connectivity index (χ2n) is 5.53. The van der Waals surface area contributed by atoms with Crippen LogP contribution in [0, 0.1) is 0 Å². The molecule has 1 heterocycles. The van der Waals surface area contributed by atoms with Gasteiger partial charge in [0.2, 0.25) is 6.10 Å². The van der Waals surface area contributed by atoms with Gasteiger partial charge in [0, 0.05) is 24.3 Å². The highest BCUT2D eigenvalue weighted by atomic mass is 16.5. The number of hydrogen-bond acceptors (Lipinski definition) is 4. The van der Waals surface area contributed by atoms with Crippen LogP contribution in [0.2, 0.25) is 0 Å². The van der Waals surface area contributed by atoms with Crippen molar-refractivity contribution in [2.75, 3.05) is 18.0 Å². The van der Waals surface area contributed by atoms with Gasteiger partial charge in [-0.2, -0.15) is 0 Å². The van der Waals surface area contributed by atoms with E-state index >= 15 is 0 Å². The van der Waals surface area contributed by atoms with Crippen LogP contribution in [0.1, 0.15) is 22.0 Å². The van der Waals surface area contributed by atoms with E-state index in [2.05, 4.69) is 5.32 Å². The molecule has 1 unspecified atom stereocenters. The fraction of sp³-hybridized carbons (Fsp3) is 0.167. The highest BCUT2D eigenvalue weighted by Crippen LogP contribution is 2.22. The van der Waals surface area contributed by atoms with Crippen molar-refractivity contribution >= 4 is 23.6 Å². The Morgan fingerprint density at radius 3 is 2.52 bits per heavy atom. The Balaban J connectivity index is 1.80. The number of nitrogens with one attached hydrogen (secondary N) is 1. The summed E-state index contributed by atoms with van der Waals surface area (Å²) in [5.74, 6) is -1.44. The summed E-state index contributed by atoms with van der Waals surface area (Å²) >= 11 is 0. The first-order chi connectivity index (χ1) is 12.1. The van der Waals surface area contributed by atoms with E-state index in [9.17, 15) is 14.4 Å². The molecule has 3 amide bonds. The fourth-order valence-electron chi connectivity index (χ4n) is 2.61. The van der Waals surface area contributed by atoms with Gasteiger partial charge >= 0.3 is 12.0 Å². The quantitative estimate of drug-likeness (QED) is 0.808. The number of amides is 3. The molecule has 2 aromatic carbocycles. The summed E-state index contributed by atoms with van der Waals surface area (Å²) in [6, 6.07) is 14.8. The molecule has 0 radical (unpaired) electrons. The molecule has 0 saturated carbocycles. The second-order valence-corrected chi connectivity index (χ2v) is 5.53. The molecule has 1 atom stereocenters. The van der Waals surface area contributed by atoms with Crippen LogP contribution in [0.15, 0.2) is 54.6 Å². The fourth-order valence-corrected chi connectivity index (χ4v) is 2.61. The Morgan fingerprint density at radius 2 is 1.88 bits per heavy atom. The third kappa shape index (κ3) is 3.60. The Hall–Kier alpha value is -3.35. The topological polar surface area (TPSA) is 102 Å². The lowest BCUT2D eigenvalue weighted by atomic mass is 10.1. The van der Waals surface area contributed by atoms with Crippen molar-refractivity contribution in [3.8, 4) is 0 Å². The van der Waals surface area contributed by atoms with Crippen LogP contribution in [-0.2, 0) is 9.53 Å². The van der Waals surface area contributed by atoms with E-state index in [4.69, 9.17) is 10.5 Å². The zero-order chi connectivity index (χ0) is 17.8. The first-order valence-electron chi connectivity index (χ1n) is 7.77. The lowest BCUT2D eigenvalue weighted by Crippen LogP contribution is -2.28. The summed E-state index contributed by atoms with van der Waals surface area (Å²) in [5, 5.41) is 2.70. The van der Waals surface area contributed by atoms with E-state index in [1.54, 1.807) is 54.6 Å². The zero-order valence-corrected chi connectivity index (χ0v) is 13.3. The van der Waals surface area contributed by atoms with Crippen LogP contribution >= 0.6 is 0 Å². The Labute approximate surface area is 144 Å². The van der Waals surface area contributed by atoms with Crippen LogP contribution in [0.25, 0.3) is 0 Å². The summed E-state index contributed by atoms with van der Waals surface area (Å²) in [5.41, 5.74) is 6.68. The molecule has 3 rings (SSSR count). The summed E-state index contributed by atoms with van der Waals surface area (Å²) in [6.45, 7) is 1.07. The number of carbonyl (C=O) groups is 3. The number of nitrogens with zero attached hydrogens (tertiary/aromatic N) is 1. The Bertz CT molecular complexity index is 807. The Morgan fingerprint density at radius 1 is 1.12 bits per heavy atom. The van der Waals surface area contributed by atoms with E-state index in [1.807, 2.05) is 0 Å². The number of urea groups is 1. The maximum absolute atomic E-state index is 12.4. The number of carbonyl (C=O) groups excluding carboxylic acids is 3. The number of anilines is 1. The van der Waals surface area contributed by atoms with Crippen molar-refractivity contribution in [1.29, 1.82) is 0 Å². The van der Waals surface area contributed by atoms with Gasteiger partial charge in [0.1, 0.15) is 0 Å². The minimum absolute atomic E-state index is 0.218. The molecule has 1 saturated heterocycles. The van der Waals surface area contributed by atoms with E-state index < -0.39 is 18.0 Å². The molecule has 2 aromatic rings. The normalized spacial score (nSPS) is 14.7. The first kappa shape index (κ1) is 16.5. The standard InChI is InChI=1S/C18H17N3O4/c19-16(22)15(12-5-2-1-3-6-12)25-17(23)13-7-4-8-14(11-13)21-10-9-20-18(21)24/h1-8,11,15H,9-10H2,(H2,19,22)(H,20,24). The second kappa shape index (κ2) is 7.04. The van der Waals surface area contributed by atoms with E-state index in [0.29, 0.717) is 24.3 Å². The summed E-state index contributed by atoms with van der Waals surface area (Å²) in [6.07, 6.45) is -1.17. The number of rotatable bonds is 5. The highest BCUT2D eigenvalue weighted by molar-refractivity contribution is 5.97. The number of hydrogen-bond donors (Lipinski definition) is 2. The van der Waals surface area contributed by atoms with Crippen molar-refractivity contribution < 1.29 is 19.1 Å². The van der Waals surface area contributed by atoms with Crippen LogP contribution in [0.3, 0.4) is 0 Å². The van der Waals surface area contributed by atoms with Gasteiger partial charge < -0.3 is 15.8 Å². The van der Waals surface area contributed by atoms with E-state index in [-0.39, 0.29) is 11.6 Å². The SMILES string of the molecule is NC(=O)C(OC(=O)c1cccc(N2CCNC2=O)c1)c1ccccc1. The number of benzene rings is 2. The van der Waals surface area contributed by atoms with Gasteiger partial charge in [-0.05, 0) is 18.2 Å². The van der Waals surface area contributed by atoms with Crippen molar-refractivity contribution in [2.24, 2.45) is 5.73 Å². The van der Waals surface area contributed by atoms with Gasteiger partial charge in [0.15, 0.2) is 0 Å². The van der Waals surface area contributed by atoms with Crippen LogP contribution in [-0.4, -0.2) is 31.0 Å². The summed E-state index contributed by atoms with van der Waals surface area (Å²) in [7, 11) is 0. The molecule has 0 spiro atoms. The van der Waals surface area contributed by atoms with Gasteiger partial charge in [0.05, 0.1) is 5.56 Å². The number of esters is 1. The molecular weight excluding hydrogens is 322 g/mol. The maximum atomic E-state index is 12.4. The monoisotopic (exact) mass is 339 g/mol. The minimum Gasteiger partial charge on any atom is -0.444 e. The summed E-state index contributed by atoms with van der Waals surface area (Å²) < 4.78 is 5.30. The molecule has 0 bridgehead atoms. The largest absolute Gasteiger partial charge is 0.444 e. The van der Waals surface area contributed by atoms with Crippen LogP contribution in [0.4, 0.5) is 10.5 Å². The van der Waals surface area contributed by atoms with Gasteiger partial charge in [-0.3, -0.25) is 9.69 Å². The molecule has 0 aromatic heterocycles. The lowest BCUT2D eigenvalue weighted by molar-refractivity contribution is -0.127. The molecule has 25 heavy (non-hydrogen) atoms. The molecule has 1 fully saturated rings. The Kier molecular flexibility index (Phi) is 4.65. The van der Waals surface area contributed by atoms with Crippen molar-refractivity contribution in [3.05, 3.63) is 65.7 Å². The van der Waals surface area contributed by atoms with Crippen LogP contribution < -0.4 is 16.0 Å². The first-order valence-corrected chi connectivity index (χ1v) is 7.77. The van der Waals surface area contributed by atoms with Gasteiger partial charge in [-0.15, -0.1) is 0 Å². The van der Waals surface area contributed by atoms with E-state index in [1.165, 1.54) is 4.90 Å². The van der Waals surface area contributed by atoms with Gasteiger partial charge in [0.25, 0.3) is 5.91 Å². The molecule has 1 aliphatic rings. The molecular formula is C18H17N3O4. The molecule has 1 aliphatic heterocycles. The third-order valence-electron chi connectivity index (χ3n) is 3.84. The third-order valence-corrected chi connectivity index (χ3v) is 3.84. The molecule has 3 N–H and O–H groups in total. The van der Waals surface area contributed by atoms with Gasteiger partial charge in [-0.1, -0.05) is 36.4 Å². The predicted octanol–water partition coefficient (Wildman–Crippen LogP) is 1.60. The summed E-state index contributed by atoms with van der Waals surface area (Å²) in [4.78, 5) is 37.4. The highest BCUT2D eigenvalue weighted by Gasteiger charge is 2.25. The molecule has 0 aliphatic carbocycles. The average Bonchev–Trinajstić information content (AvgIpc) is 3.06.